The minimum Gasteiger partial charge on any atom is -0.460 e. The van der Waals surface area contributed by atoms with Crippen molar-refractivity contribution in [1.82, 2.24) is 24.9 Å². The number of cyclic esters (lactones) is 1. The summed E-state index contributed by atoms with van der Waals surface area (Å²) < 4.78 is 25.2. The molecule has 2 amide bonds. The second-order valence-electron chi connectivity index (χ2n) is 16.2. The Balaban J connectivity index is 1.91. The van der Waals surface area contributed by atoms with Crippen molar-refractivity contribution >= 4 is 17.8 Å². The molecule has 10 atom stereocenters. The highest BCUT2D eigenvalue weighted by Gasteiger charge is 2.52. The molecule has 0 aliphatic carbocycles. The number of ketones is 1. The van der Waals surface area contributed by atoms with Crippen LogP contribution in [0.25, 0.3) is 0 Å². The average Bonchev–Trinajstić information content (AvgIpc) is 3.02. The van der Waals surface area contributed by atoms with Crippen molar-refractivity contribution < 1.29 is 38.4 Å². The van der Waals surface area contributed by atoms with Crippen molar-refractivity contribution in [2.45, 2.75) is 130 Å². The second kappa shape index (κ2) is 17.1. The van der Waals surface area contributed by atoms with Gasteiger partial charge in [0.05, 0.1) is 23.9 Å². The molecule has 0 aromatic heterocycles. The Kier molecular flexibility index (Phi) is 14.5. The van der Waals surface area contributed by atoms with Gasteiger partial charge in [-0.2, -0.15) is 0 Å². The molecule has 13 nitrogen and oxygen atoms in total. The topological polar surface area (TPSA) is 133 Å². The summed E-state index contributed by atoms with van der Waals surface area (Å²) in [6, 6.07) is -0.334. The Morgan fingerprint density at radius 1 is 1.08 bits per heavy atom. The monoisotopic (exact) mass is 697 g/mol. The molecular formula is C36H67N5O8. The number of urea groups is 1. The van der Waals surface area contributed by atoms with Crippen LogP contribution >= 0.6 is 0 Å². The van der Waals surface area contributed by atoms with Gasteiger partial charge in [-0.05, 0) is 88.4 Å². The lowest BCUT2D eigenvalue weighted by molar-refractivity contribution is -0.295. The SMILES string of the molecule is CO[C@]1(C)C[C@@H](C)CN(C)[C@@H](CN2CCN(C(=O)NC(C)C)CC2)[C@H](C)OC(=O)C(C)(C)C(=O)[C@H](C)[C@H]1O[C@@H]1O[C@H](C)C[C@H](N(C)C)[C@H]1O. The predicted molar refractivity (Wildman–Crippen MR) is 188 cm³/mol. The molecule has 0 radical (unpaired) electrons. The van der Waals surface area contributed by atoms with E-state index in [1.165, 1.54) is 0 Å². The maximum atomic E-state index is 14.4. The first kappa shape index (κ1) is 41.5. The molecule has 3 aliphatic heterocycles. The van der Waals surface area contributed by atoms with Crippen LogP contribution in [-0.2, 0) is 28.5 Å². The molecule has 3 heterocycles. The van der Waals surface area contributed by atoms with Crippen molar-refractivity contribution in [3.05, 3.63) is 0 Å². The molecule has 49 heavy (non-hydrogen) atoms. The summed E-state index contributed by atoms with van der Waals surface area (Å²) >= 11 is 0. The first-order valence-electron chi connectivity index (χ1n) is 18.2. The van der Waals surface area contributed by atoms with Crippen molar-refractivity contribution in [3.8, 4) is 0 Å². The highest BCUT2D eigenvalue weighted by atomic mass is 16.7. The Hall–Kier alpha value is -1.87. The number of ether oxygens (including phenoxy) is 4. The largest absolute Gasteiger partial charge is 0.460 e. The van der Waals surface area contributed by atoms with E-state index in [0.717, 1.165) is 0 Å². The van der Waals surface area contributed by atoms with E-state index < -0.39 is 47.5 Å². The fraction of sp³-hybridized carbons (Fsp3) is 0.917. The van der Waals surface area contributed by atoms with Crippen LogP contribution in [0.5, 0.6) is 0 Å². The number of piperazine rings is 1. The number of rotatable bonds is 7. The van der Waals surface area contributed by atoms with Gasteiger partial charge >= 0.3 is 12.0 Å². The van der Waals surface area contributed by atoms with Gasteiger partial charge in [-0.25, -0.2) is 4.79 Å². The number of nitrogens with one attached hydrogen (secondary N) is 1. The highest BCUT2D eigenvalue weighted by Crippen LogP contribution is 2.38. The first-order valence-corrected chi connectivity index (χ1v) is 18.2. The van der Waals surface area contributed by atoms with Crippen molar-refractivity contribution in [2.75, 3.05) is 67.5 Å². The van der Waals surface area contributed by atoms with Crippen LogP contribution in [0.4, 0.5) is 4.79 Å². The van der Waals surface area contributed by atoms with E-state index in [1.807, 2.05) is 65.6 Å². The number of amides is 2. The number of likely N-dealkylation sites (N-methyl/N-ethyl adjacent to an activating group) is 2. The molecular weight excluding hydrogens is 630 g/mol. The van der Waals surface area contributed by atoms with Crippen LogP contribution in [-0.4, -0.2) is 164 Å². The van der Waals surface area contributed by atoms with Crippen molar-refractivity contribution in [1.29, 1.82) is 0 Å². The number of aliphatic hydroxyl groups excluding tert-OH is 1. The van der Waals surface area contributed by atoms with E-state index in [-0.39, 0.29) is 42.0 Å². The summed E-state index contributed by atoms with van der Waals surface area (Å²) in [4.78, 5) is 49.2. The Morgan fingerprint density at radius 2 is 1.69 bits per heavy atom. The molecule has 3 saturated heterocycles. The standard InChI is InChI=1S/C36H67N5O8/c1-22(2)37-34(45)41-16-14-40(15-17-41)21-28-26(6)48-33(44)35(7,8)30(43)25(5)31(36(9,46-13)19-23(3)20-39(28)12)49-32-29(42)27(38(10)11)18-24(4)47-32/h22-29,31-32,42H,14-21H2,1-13H3,(H,37,45)/t23-,24-,25+,26+,27+,28+,29-,31-,32+,36-/m1/s1. The van der Waals surface area contributed by atoms with Gasteiger partial charge in [0.2, 0.25) is 0 Å². The summed E-state index contributed by atoms with van der Waals surface area (Å²) in [5, 5.41) is 14.3. The number of methoxy groups -OCH3 is 1. The predicted octanol–water partition coefficient (Wildman–Crippen LogP) is 2.44. The molecule has 13 heteroatoms. The zero-order valence-electron chi connectivity index (χ0n) is 32.5. The third-order valence-corrected chi connectivity index (χ3v) is 10.9. The summed E-state index contributed by atoms with van der Waals surface area (Å²) in [5.74, 6) is -1.62. The molecule has 0 aromatic carbocycles. The molecule has 3 aliphatic rings. The van der Waals surface area contributed by atoms with Gasteiger partial charge in [0.1, 0.15) is 17.6 Å². The zero-order valence-corrected chi connectivity index (χ0v) is 32.5. The smallest absolute Gasteiger partial charge is 0.319 e. The third-order valence-electron chi connectivity index (χ3n) is 10.9. The number of Topliss-reactive ketones (excluding diaryl/α,β-unsaturated/α-hetero) is 1. The molecule has 3 rings (SSSR count). The van der Waals surface area contributed by atoms with Crippen molar-refractivity contribution in [2.24, 2.45) is 17.3 Å². The number of carbonyl (C=O) groups is 3. The lowest BCUT2D eigenvalue weighted by Crippen LogP contribution is -2.59. The van der Waals surface area contributed by atoms with Gasteiger partial charge in [0, 0.05) is 64.4 Å². The fourth-order valence-electron chi connectivity index (χ4n) is 7.87. The van der Waals surface area contributed by atoms with E-state index in [4.69, 9.17) is 18.9 Å². The number of esters is 1. The van der Waals surface area contributed by atoms with E-state index in [2.05, 4.69) is 22.0 Å². The Morgan fingerprint density at radius 3 is 2.24 bits per heavy atom. The zero-order chi connectivity index (χ0) is 37.0. The maximum Gasteiger partial charge on any atom is 0.319 e. The molecule has 0 aromatic rings. The molecule has 284 valence electrons. The van der Waals surface area contributed by atoms with Crippen LogP contribution in [0, 0.1) is 17.3 Å². The molecule has 0 spiro atoms. The van der Waals surface area contributed by atoms with Crippen molar-refractivity contribution in [3.63, 3.8) is 0 Å². The minimum absolute atomic E-state index is 0.0499. The summed E-state index contributed by atoms with van der Waals surface area (Å²) in [7, 11) is 7.50. The van der Waals surface area contributed by atoms with Gasteiger partial charge < -0.3 is 39.2 Å². The van der Waals surface area contributed by atoms with E-state index in [1.54, 1.807) is 27.9 Å². The summed E-state index contributed by atoms with van der Waals surface area (Å²) in [6.07, 6.45) is -2.27. The van der Waals surface area contributed by atoms with E-state index in [0.29, 0.717) is 52.1 Å². The lowest BCUT2D eigenvalue weighted by Gasteiger charge is -2.47. The third kappa shape index (κ3) is 10.1. The van der Waals surface area contributed by atoms with Crippen LogP contribution < -0.4 is 5.32 Å². The molecule has 2 N–H and O–H groups in total. The highest BCUT2D eigenvalue weighted by molar-refractivity contribution is 6.04. The Bertz CT molecular complexity index is 1110. The fourth-order valence-corrected chi connectivity index (χ4v) is 7.87. The summed E-state index contributed by atoms with van der Waals surface area (Å²) in [6.45, 7) is 20.8. The van der Waals surface area contributed by atoms with E-state index in [9.17, 15) is 19.5 Å². The number of hydrogen-bond donors (Lipinski definition) is 2. The van der Waals surface area contributed by atoms with Crippen LogP contribution in [0.1, 0.15) is 75.2 Å². The van der Waals surface area contributed by atoms with Gasteiger partial charge in [0.15, 0.2) is 12.1 Å². The Labute approximate surface area is 295 Å². The number of aliphatic hydroxyl groups is 1. The lowest BCUT2D eigenvalue weighted by atomic mass is 9.74. The molecule has 0 unspecified atom stereocenters. The van der Waals surface area contributed by atoms with E-state index >= 15 is 0 Å². The maximum absolute atomic E-state index is 14.4. The summed E-state index contributed by atoms with van der Waals surface area (Å²) in [5.41, 5.74) is -2.44. The van der Waals surface area contributed by atoms with Crippen LogP contribution in [0.2, 0.25) is 0 Å². The second-order valence-corrected chi connectivity index (χ2v) is 16.2. The van der Waals surface area contributed by atoms with Gasteiger partial charge in [-0.3, -0.25) is 19.4 Å². The minimum atomic E-state index is -1.48. The van der Waals surface area contributed by atoms with Crippen LogP contribution in [0.15, 0.2) is 0 Å². The quantitative estimate of drug-likeness (QED) is 0.300. The number of nitrogens with zero attached hydrogens (tertiary/aromatic N) is 4. The average molecular weight is 698 g/mol. The normalized spacial score (nSPS) is 37.7. The molecule has 0 saturated carbocycles. The molecule has 0 bridgehead atoms. The van der Waals surface area contributed by atoms with Gasteiger partial charge in [-0.15, -0.1) is 0 Å². The van der Waals surface area contributed by atoms with Gasteiger partial charge in [0.25, 0.3) is 0 Å². The molecule has 3 fully saturated rings. The first-order chi connectivity index (χ1) is 22.7. The van der Waals surface area contributed by atoms with Gasteiger partial charge in [-0.1, -0.05) is 13.8 Å². The number of hydrogen-bond acceptors (Lipinski definition) is 11. The van der Waals surface area contributed by atoms with Crippen LogP contribution in [0.3, 0.4) is 0 Å². The number of carbonyl (C=O) groups excluding carboxylic acids is 3.